The number of hydrogen-bond acceptors (Lipinski definition) is 10. The summed E-state index contributed by atoms with van der Waals surface area (Å²) in [6, 6.07) is 8.91. The number of aromatic nitrogens is 3. The molecule has 14 nitrogen and oxygen atoms in total. The summed E-state index contributed by atoms with van der Waals surface area (Å²) in [5.74, 6) is -0.517. The van der Waals surface area contributed by atoms with E-state index in [-0.39, 0.29) is 40.0 Å². The van der Waals surface area contributed by atoms with Gasteiger partial charge >= 0.3 is 0 Å². The molecular weight excluding hydrogens is 518 g/mol. The van der Waals surface area contributed by atoms with E-state index in [2.05, 4.69) is 20.8 Å². The minimum Gasteiger partial charge on any atom is -0.496 e. The Morgan fingerprint density at radius 3 is 2.47 bits per heavy atom. The van der Waals surface area contributed by atoms with Crippen molar-refractivity contribution in [2.75, 3.05) is 18.2 Å². The average Bonchev–Trinajstić information content (AvgIpc) is 3.25. The van der Waals surface area contributed by atoms with Crippen LogP contribution >= 0.6 is 11.8 Å². The van der Waals surface area contributed by atoms with Gasteiger partial charge in [0.05, 0.1) is 34.8 Å². The molecule has 1 heterocycles. The van der Waals surface area contributed by atoms with Crippen molar-refractivity contribution in [3.05, 3.63) is 74.1 Å². The Bertz CT molecular complexity index is 1380. The molecule has 1 aromatic heterocycles. The first kappa shape index (κ1) is 28.0. The summed E-state index contributed by atoms with van der Waals surface area (Å²) in [6.45, 7) is 3.74. The lowest BCUT2D eigenvalue weighted by atomic mass is 10.0. The number of nitro groups is 2. The monoisotopic (exact) mass is 543 g/mol. The lowest BCUT2D eigenvalue weighted by molar-refractivity contribution is -0.384. The van der Waals surface area contributed by atoms with Crippen LogP contribution in [0, 0.1) is 26.1 Å². The molecule has 200 valence electrons. The number of nitrogens with one attached hydrogen (secondary N) is 2. The van der Waals surface area contributed by atoms with E-state index in [9.17, 15) is 29.8 Å². The van der Waals surface area contributed by atoms with Gasteiger partial charge in [-0.3, -0.25) is 29.8 Å². The van der Waals surface area contributed by atoms with Crippen LogP contribution in [0.25, 0.3) is 0 Å². The van der Waals surface area contributed by atoms with Crippen molar-refractivity contribution < 1.29 is 24.2 Å². The number of carbonyl (C=O) groups is 2. The van der Waals surface area contributed by atoms with E-state index >= 15 is 0 Å². The quantitative estimate of drug-likeness (QED) is 0.206. The molecule has 0 aliphatic heterocycles. The fourth-order valence-electron chi connectivity index (χ4n) is 3.45. The van der Waals surface area contributed by atoms with Crippen LogP contribution in [0.2, 0.25) is 0 Å². The number of anilines is 1. The molecule has 0 radical (unpaired) electrons. The summed E-state index contributed by atoms with van der Waals surface area (Å²) in [5, 5.41) is 36.4. The number of amides is 2. The fraction of sp³-hybridized carbons (Fsp3) is 0.304. The van der Waals surface area contributed by atoms with Crippen molar-refractivity contribution in [2.45, 2.75) is 25.0 Å². The van der Waals surface area contributed by atoms with Gasteiger partial charge in [-0.05, 0) is 24.1 Å². The molecule has 3 rings (SSSR count). The first-order chi connectivity index (χ1) is 18.0. The maximum absolute atomic E-state index is 12.8. The van der Waals surface area contributed by atoms with Crippen molar-refractivity contribution >= 4 is 40.6 Å². The normalized spacial score (nSPS) is 11.6. The van der Waals surface area contributed by atoms with Crippen molar-refractivity contribution in [1.29, 1.82) is 0 Å². The largest absolute Gasteiger partial charge is 0.496 e. The number of benzene rings is 2. The first-order valence-corrected chi connectivity index (χ1v) is 12.2. The molecule has 2 N–H and O–H groups in total. The van der Waals surface area contributed by atoms with Crippen molar-refractivity contribution in [1.82, 2.24) is 20.1 Å². The SMILES string of the molecule is COc1ccc(NC(=O)CSc2nnc([C@@H](NC(=O)c3cccc([N+](=O)[O-])c3)C(C)C)n2C)c([N+](=O)[O-])c1. The molecule has 0 unspecified atom stereocenters. The van der Waals surface area contributed by atoms with Crippen LogP contribution < -0.4 is 15.4 Å². The smallest absolute Gasteiger partial charge is 0.296 e. The number of carbonyl (C=O) groups excluding carboxylic acids is 2. The topological polar surface area (TPSA) is 184 Å². The Balaban J connectivity index is 1.70. The molecule has 0 bridgehead atoms. The standard InChI is InChI=1S/C23H25N7O7S/c1-13(2)20(25-22(32)14-6-5-7-15(10-14)29(33)34)21-26-27-23(28(21)3)38-12-19(31)24-17-9-8-16(37-4)11-18(17)30(35)36/h5-11,13,20H,12H2,1-4H3,(H,24,31)(H,25,32)/t20-/m0/s1. The Hall–Kier alpha value is -4.53. The second-order valence-corrected chi connectivity index (χ2v) is 9.32. The van der Waals surface area contributed by atoms with Gasteiger partial charge in [0, 0.05) is 24.7 Å². The van der Waals surface area contributed by atoms with Crippen LogP contribution in [0.15, 0.2) is 47.6 Å². The Morgan fingerprint density at radius 1 is 1.11 bits per heavy atom. The van der Waals surface area contributed by atoms with Crippen molar-refractivity contribution in [3.63, 3.8) is 0 Å². The van der Waals surface area contributed by atoms with E-state index < -0.39 is 27.7 Å². The number of rotatable bonds is 11. The second kappa shape index (κ2) is 12.1. The highest BCUT2D eigenvalue weighted by Gasteiger charge is 2.26. The first-order valence-electron chi connectivity index (χ1n) is 11.2. The van der Waals surface area contributed by atoms with Gasteiger partial charge in [0.15, 0.2) is 11.0 Å². The predicted molar refractivity (Wildman–Crippen MR) is 138 cm³/mol. The molecular formula is C23H25N7O7S. The molecule has 15 heteroatoms. The van der Waals surface area contributed by atoms with E-state index in [4.69, 9.17) is 4.74 Å². The van der Waals surface area contributed by atoms with Crippen LogP contribution in [0.4, 0.5) is 17.1 Å². The van der Waals surface area contributed by atoms with Gasteiger partial charge in [-0.25, -0.2) is 0 Å². The van der Waals surface area contributed by atoms with Crippen LogP contribution in [0.5, 0.6) is 5.75 Å². The molecule has 0 fully saturated rings. The Morgan fingerprint density at radius 2 is 1.84 bits per heavy atom. The molecule has 3 aromatic rings. The van der Waals surface area contributed by atoms with Crippen LogP contribution in [-0.4, -0.2) is 49.3 Å². The van der Waals surface area contributed by atoms with Crippen LogP contribution in [0.1, 0.15) is 36.1 Å². The number of non-ortho nitro benzene ring substituents is 1. The predicted octanol–water partition coefficient (Wildman–Crippen LogP) is 3.50. The number of thioether (sulfide) groups is 1. The van der Waals surface area contributed by atoms with E-state index in [1.54, 1.807) is 11.6 Å². The third-order valence-corrected chi connectivity index (χ3v) is 6.45. The van der Waals surface area contributed by atoms with Crippen LogP contribution in [0.3, 0.4) is 0 Å². The van der Waals surface area contributed by atoms with Gasteiger partial charge in [-0.1, -0.05) is 31.7 Å². The fourth-order valence-corrected chi connectivity index (χ4v) is 4.17. The summed E-state index contributed by atoms with van der Waals surface area (Å²) in [4.78, 5) is 46.5. The summed E-state index contributed by atoms with van der Waals surface area (Å²) in [6.07, 6.45) is 0. The van der Waals surface area contributed by atoms with Gasteiger partial charge < -0.3 is 19.9 Å². The highest BCUT2D eigenvalue weighted by atomic mass is 32.2. The zero-order chi connectivity index (χ0) is 28.0. The summed E-state index contributed by atoms with van der Waals surface area (Å²) in [7, 11) is 3.06. The molecule has 0 saturated carbocycles. The molecule has 0 aliphatic carbocycles. The molecule has 0 saturated heterocycles. The maximum Gasteiger partial charge on any atom is 0.296 e. The maximum atomic E-state index is 12.8. The van der Waals surface area contributed by atoms with E-state index in [0.717, 1.165) is 11.8 Å². The van der Waals surface area contributed by atoms with E-state index in [1.165, 1.54) is 49.6 Å². The molecule has 2 aromatic carbocycles. The number of ether oxygens (including phenoxy) is 1. The summed E-state index contributed by atoms with van der Waals surface area (Å²) >= 11 is 1.06. The molecule has 2 amide bonds. The van der Waals surface area contributed by atoms with Crippen LogP contribution in [-0.2, 0) is 11.8 Å². The van der Waals surface area contributed by atoms with Gasteiger partial charge in [0.2, 0.25) is 5.91 Å². The van der Waals surface area contributed by atoms with Crippen molar-refractivity contribution in [2.24, 2.45) is 13.0 Å². The summed E-state index contributed by atoms with van der Waals surface area (Å²) < 4.78 is 6.62. The van der Waals surface area contributed by atoms with Gasteiger partial charge in [-0.15, -0.1) is 10.2 Å². The Kier molecular flexibility index (Phi) is 8.96. The minimum absolute atomic E-state index is 0.0313. The number of nitro benzene ring substituents is 2. The number of methoxy groups -OCH3 is 1. The van der Waals surface area contributed by atoms with E-state index in [1.807, 2.05) is 13.8 Å². The second-order valence-electron chi connectivity index (χ2n) is 8.38. The average molecular weight is 544 g/mol. The molecule has 0 spiro atoms. The zero-order valence-electron chi connectivity index (χ0n) is 20.9. The molecule has 1 atom stereocenters. The highest BCUT2D eigenvalue weighted by molar-refractivity contribution is 7.99. The number of nitrogens with zero attached hydrogens (tertiary/aromatic N) is 5. The zero-order valence-corrected chi connectivity index (χ0v) is 21.7. The van der Waals surface area contributed by atoms with Gasteiger partial charge in [-0.2, -0.15) is 0 Å². The highest BCUT2D eigenvalue weighted by Crippen LogP contribution is 2.30. The van der Waals surface area contributed by atoms with E-state index in [0.29, 0.717) is 11.0 Å². The minimum atomic E-state index is -0.617. The summed E-state index contributed by atoms with van der Waals surface area (Å²) in [5.41, 5.74) is -0.341. The molecule has 38 heavy (non-hydrogen) atoms. The number of hydrogen-bond donors (Lipinski definition) is 2. The van der Waals surface area contributed by atoms with Gasteiger partial charge in [0.25, 0.3) is 17.3 Å². The lowest BCUT2D eigenvalue weighted by Gasteiger charge is -2.21. The lowest BCUT2D eigenvalue weighted by Crippen LogP contribution is -2.33. The van der Waals surface area contributed by atoms with Crippen molar-refractivity contribution in [3.8, 4) is 5.75 Å². The van der Waals surface area contributed by atoms with Gasteiger partial charge in [0.1, 0.15) is 11.4 Å². The third kappa shape index (κ3) is 6.61. The Labute approximate surface area is 221 Å². The molecule has 0 aliphatic rings. The third-order valence-electron chi connectivity index (χ3n) is 5.43.